The van der Waals surface area contributed by atoms with Crippen LogP contribution >= 0.6 is 15.9 Å². The number of aromatic nitrogens is 3. The van der Waals surface area contributed by atoms with Gasteiger partial charge in [-0.05, 0) is 24.6 Å². The van der Waals surface area contributed by atoms with Gasteiger partial charge in [-0.25, -0.2) is 22.6 Å². The van der Waals surface area contributed by atoms with Gasteiger partial charge in [0.15, 0.2) is 15.7 Å². The molecule has 2 aromatic rings. The largest absolute Gasteiger partial charge is 0.463 e. The van der Waals surface area contributed by atoms with Crippen LogP contribution in [0.1, 0.15) is 24.4 Å². The molecule has 1 saturated heterocycles. The van der Waals surface area contributed by atoms with E-state index in [1.165, 1.54) is 23.1 Å². The summed E-state index contributed by atoms with van der Waals surface area (Å²) >= 11 is 3.39. The highest BCUT2D eigenvalue weighted by Gasteiger charge is 2.35. The number of amidine groups is 1. The normalized spacial score (nSPS) is 20.6. The maximum absolute atomic E-state index is 13.8. The van der Waals surface area contributed by atoms with Crippen LogP contribution in [0.2, 0.25) is 0 Å². The zero-order valence-corrected chi connectivity index (χ0v) is 21.1. The van der Waals surface area contributed by atoms with Crippen molar-refractivity contribution in [2.45, 2.75) is 13.0 Å². The third-order valence-electron chi connectivity index (χ3n) is 5.51. The van der Waals surface area contributed by atoms with E-state index in [1.54, 1.807) is 20.0 Å². The fraction of sp³-hybridized carbons (Fsp3) is 0.429. The number of benzene rings is 1. The van der Waals surface area contributed by atoms with Crippen molar-refractivity contribution >= 4 is 37.6 Å². The highest BCUT2D eigenvalue weighted by Crippen LogP contribution is 2.36. The standard InChI is InChI=1S/C21H24BrFN6O4S/c1-3-33-21(30)17-16(11-29-6-8-34(31,32)9-7-29)25-20(19-24-12-28(2)27-19)26-18(17)14-5-4-13(23)10-15(14)22/h4-5,10,12,18H,3,6-9,11H2,1-2H3,(H,25,26). The minimum absolute atomic E-state index is 0.0463. The fourth-order valence-corrected chi connectivity index (χ4v) is 5.66. The van der Waals surface area contributed by atoms with Crippen molar-refractivity contribution in [3.63, 3.8) is 0 Å². The lowest BCUT2D eigenvalue weighted by molar-refractivity contribution is -0.139. The summed E-state index contributed by atoms with van der Waals surface area (Å²) in [6.07, 6.45) is 1.53. The molecule has 0 amide bonds. The molecule has 1 N–H and O–H groups in total. The van der Waals surface area contributed by atoms with Gasteiger partial charge >= 0.3 is 5.97 Å². The summed E-state index contributed by atoms with van der Waals surface area (Å²) in [5, 5.41) is 7.50. The van der Waals surface area contributed by atoms with Gasteiger partial charge in [-0.15, -0.1) is 5.10 Å². The van der Waals surface area contributed by atoms with Crippen molar-refractivity contribution in [2.24, 2.45) is 12.0 Å². The molecule has 1 fully saturated rings. The number of carbonyl (C=O) groups excluding carboxylic acids is 1. The predicted molar refractivity (Wildman–Crippen MR) is 126 cm³/mol. The van der Waals surface area contributed by atoms with E-state index in [0.29, 0.717) is 40.5 Å². The Hall–Kier alpha value is -2.64. The SMILES string of the molecule is CCOC(=O)C1=C(CN2CCS(=O)(=O)CC2)NC(c2ncn(C)n2)=NC1c1ccc(F)cc1Br. The van der Waals surface area contributed by atoms with Gasteiger partial charge in [0.25, 0.3) is 0 Å². The summed E-state index contributed by atoms with van der Waals surface area (Å²) in [5.41, 5.74) is 1.34. The molecule has 2 aliphatic heterocycles. The molecular weight excluding hydrogens is 531 g/mol. The second-order valence-corrected chi connectivity index (χ2v) is 11.1. The van der Waals surface area contributed by atoms with Gasteiger partial charge < -0.3 is 10.1 Å². The van der Waals surface area contributed by atoms with E-state index in [1.807, 2.05) is 4.90 Å². The summed E-state index contributed by atoms with van der Waals surface area (Å²) in [4.78, 5) is 24.1. The van der Waals surface area contributed by atoms with Crippen LogP contribution in [-0.2, 0) is 26.4 Å². The van der Waals surface area contributed by atoms with Crippen LogP contribution in [0.25, 0.3) is 0 Å². The zero-order valence-electron chi connectivity index (χ0n) is 18.7. The number of ether oxygens (including phenoxy) is 1. The van der Waals surface area contributed by atoms with Gasteiger partial charge in [0.1, 0.15) is 18.2 Å². The molecule has 1 aromatic heterocycles. The molecule has 182 valence electrons. The van der Waals surface area contributed by atoms with Crippen LogP contribution in [0, 0.1) is 5.82 Å². The average Bonchev–Trinajstić information content (AvgIpc) is 3.21. The van der Waals surface area contributed by atoms with Gasteiger partial charge in [0.05, 0.1) is 23.7 Å². The van der Waals surface area contributed by atoms with Crippen LogP contribution in [-0.4, -0.2) is 77.6 Å². The second-order valence-electron chi connectivity index (χ2n) is 7.95. The number of nitrogens with one attached hydrogen (secondary N) is 1. The summed E-state index contributed by atoms with van der Waals surface area (Å²) < 4.78 is 44.9. The molecule has 0 radical (unpaired) electrons. The van der Waals surface area contributed by atoms with Crippen LogP contribution in [0.5, 0.6) is 0 Å². The van der Waals surface area contributed by atoms with Gasteiger partial charge in [-0.3, -0.25) is 14.6 Å². The molecule has 0 aliphatic carbocycles. The third-order valence-corrected chi connectivity index (χ3v) is 7.80. The lowest BCUT2D eigenvalue weighted by Gasteiger charge is -2.32. The number of esters is 1. The van der Waals surface area contributed by atoms with E-state index >= 15 is 0 Å². The molecule has 0 saturated carbocycles. The first-order valence-electron chi connectivity index (χ1n) is 10.7. The Bertz CT molecular complexity index is 1260. The van der Waals surface area contributed by atoms with E-state index in [2.05, 4.69) is 31.3 Å². The highest BCUT2D eigenvalue weighted by atomic mass is 79.9. The predicted octanol–water partition coefficient (Wildman–Crippen LogP) is 1.36. The molecule has 1 atom stereocenters. The Morgan fingerprint density at radius 1 is 1.32 bits per heavy atom. The first kappa shape index (κ1) is 24.5. The maximum Gasteiger partial charge on any atom is 0.338 e. The lowest BCUT2D eigenvalue weighted by Crippen LogP contribution is -2.45. The topological polar surface area (TPSA) is 119 Å². The fourth-order valence-electron chi connectivity index (χ4n) is 3.81. The summed E-state index contributed by atoms with van der Waals surface area (Å²) in [6, 6.07) is 3.35. The number of nitrogens with zero attached hydrogens (tertiary/aromatic N) is 5. The molecule has 13 heteroatoms. The Morgan fingerprint density at radius 2 is 2.06 bits per heavy atom. The Balaban J connectivity index is 1.80. The smallest absolute Gasteiger partial charge is 0.338 e. The van der Waals surface area contributed by atoms with Crippen molar-refractivity contribution < 1.29 is 22.3 Å². The molecule has 2 aliphatic rings. The Labute approximate surface area is 204 Å². The number of hydrogen-bond acceptors (Lipinski definition) is 9. The van der Waals surface area contributed by atoms with E-state index in [-0.39, 0.29) is 30.2 Å². The minimum atomic E-state index is -3.07. The molecule has 3 heterocycles. The van der Waals surface area contributed by atoms with Crippen LogP contribution in [0.3, 0.4) is 0 Å². The van der Waals surface area contributed by atoms with Crippen LogP contribution in [0.15, 0.2) is 45.3 Å². The Morgan fingerprint density at radius 3 is 2.68 bits per heavy atom. The number of halogens is 2. The second kappa shape index (κ2) is 9.92. The molecule has 0 spiro atoms. The van der Waals surface area contributed by atoms with Gasteiger partial charge in [0.2, 0.25) is 5.82 Å². The number of sulfone groups is 1. The molecule has 0 bridgehead atoms. The molecule has 4 rings (SSSR count). The summed E-state index contributed by atoms with van der Waals surface area (Å²) in [7, 11) is -1.34. The van der Waals surface area contributed by atoms with Crippen LogP contribution in [0.4, 0.5) is 4.39 Å². The third kappa shape index (κ3) is 5.36. The van der Waals surface area contributed by atoms with E-state index in [9.17, 15) is 17.6 Å². The number of carbonyl (C=O) groups is 1. The van der Waals surface area contributed by atoms with Gasteiger partial charge in [0, 0.05) is 36.9 Å². The lowest BCUT2D eigenvalue weighted by atomic mass is 9.95. The van der Waals surface area contributed by atoms with Gasteiger partial charge in [-0.2, -0.15) is 0 Å². The maximum atomic E-state index is 13.8. The van der Waals surface area contributed by atoms with E-state index in [0.717, 1.165) is 0 Å². The summed E-state index contributed by atoms with van der Waals surface area (Å²) in [6.45, 7) is 2.81. The molecular formula is C21H24BrFN6O4S. The monoisotopic (exact) mass is 554 g/mol. The number of hydrogen-bond donors (Lipinski definition) is 1. The number of rotatable bonds is 6. The highest BCUT2D eigenvalue weighted by molar-refractivity contribution is 9.10. The van der Waals surface area contributed by atoms with E-state index in [4.69, 9.17) is 9.73 Å². The van der Waals surface area contributed by atoms with Crippen molar-refractivity contribution in [2.75, 3.05) is 37.7 Å². The van der Waals surface area contributed by atoms with E-state index < -0.39 is 27.7 Å². The van der Waals surface area contributed by atoms with Gasteiger partial charge in [-0.1, -0.05) is 22.0 Å². The first-order chi connectivity index (χ1) is 16.2. The summed E-state index contributed by atoms with van der Waals surface area (Å²) in [5.74, 6) is -0.235. The number of aryl methyl sites for hydroxylation is 1. The minimum Gasteiger partial charge on any atom is -0.463 e. The Kier molecular flexibility index (Phi) is 7.14. The molecule has 1 aromatic carbocycles. The first-order valence-corrected chi connectivity index (χ1v) is 13.3. The zero-order chi connectivity index (χ0) is 24.5. The molecule has 1 unspecified atom stereocenters. The quantitative estimate of drug-likeness (QED) is 0.531. The van der Waals surface area contributed by atoms with Crippen molar-refractivity contribution in [1.29, 1.82) is 0 Å². The molecule has 34 heavy (non-hydrogen) atoms. The van der Waals surface area contributed by atoms with Crippen molar-refractivity contribution in [3.8, 4) is 0 Å². The van der Waals surface area contributed by atoms with Crippen LogP contribution < -0.4 is 5.32 Å². The molecule has 10 nitrogen and oxygen atoms in total. The van der Waals surface area contributed by atoms with Crippen molar-refractivity contribution in [1.82, 2.24) is 25.0 Å². The van der Waals surface area contributed by atoms with Crippen molar-refractivity contribution in [3.05, 3.63) is 57.5 Å². The number of aliphatic imine (C=N–C) groups is 1. The average molecular weight is 555 g/mol.